The lowest BCUT2D eigenvalue weighted by molar-refractivity contribution is -0.140. The fourth-order valence-electron chi connectivity index (χ4n) is 4.54. The van der Waals surface area contributed by atoms with Gasteiger partial charge in [-0.1, -0.05) is 13.8 Å². The summed E-state index contributed by atoms with van der Waals surface area (Å²) in [4.78, 5) is 15.3. The SMILES string of the molecule is CCCN(C(=O)C1CCOC1CC)C1CC2CCC(C1)N2. The molecule has 0 radical (unpaired) electrons. The minimum Gasteiger partial charge on any atom is -0.377 e. The van der Waals surface area contributed by atoms with Gasteiger partial charge in [-0.2, -0.15) is 0 Å². The molecule has 1 amide bonds. The lowest BCUT2D eigenvalue weighted by Gasteiger charge is -2.39. The molecule has 3 heterocycles. The first-order valence-corrected chi connectivity index (χ1v) is 8.91. The van der Waals surface area contributed by atoms with Crippen molar-refractivity contribution in [2.75, 3.05) is 13.2 Å². The normalized spacial score (nSPS) is 38.7. The Morgan fingerprint density at radius 1 is 1.19 bits per heavy atom. The molecule has 1 N–H and O–H groups in total. The molecule has 0 aliphatic carbocycles. The van der Waals surface area contributed by atoms with E-state index in [0.717, 1.165) is 45.3 Å². The van der Waals surface area contributed by atoms with Crippen LogP contribution in [0.2, 0.25) is 0 Å². The van der Waals surface area contributed by atoms with Crippen molar-refractivity contribution >= 4 is 5.91 Å². The fourth-order valence-corrected chi connectivity index (χ4v) is 4.54. The van der Waals surface area contributed by atoms with E-state index >= 15 is 0 Å². The fraction of sp³-hybridized carbons (Fsp3) is 0.941. The number of rotatable bonds is 5. The van der Waals surface area contributed by atoms with Crippen LogP contribution < -0.4 is 5.32 Å². The van der Waals surface area contributed by atoms with Gasteiger partial charge >= 0.3 is 0 Å². The van der Waals surface area contributed by atoms with Crippen molar-refractivity contribution < 1.29 is 9.53 Å². The van der Waals surface area contributed by atoms with E-state index in [1.165, 1.54) is 12.8 Å². The van der Waals surface area contributed by atoms with E-state index in [9.17, 15) is 4.79 Å². The maximum absolute atomic E-state index is 13.1. The highest BCUT2D eigenvalue weighted by atomic mass is 16.5. The van der Waals surface area contributed by atoms with Gasteiger partial charge in [-0.15, -0.1) is 0 Å². The Balaban J connectivity index is 1.70. The lowest BCUT2D eigenvalue weighted by Crippen LogP contribution is -2.52. The lowest BCUT2D eigenvalue weighted by atomic mass is 9.93. The smallest absolute Gasteiger partial charge is 0.228 e. The molecule has 2 bridgehead atoms. The zero-order valence-electron chi connectivity index (χ0n) is 13.5. The van der Waals surface area contributed by atoms with Crippen molar-refractivity contribution in [3.63, 3.8) is 0 Å². The first kappa shape index (κ1) is 15.3. The monoisotopic (exact) mass is 294 g/mol. The van der Waals surface area contributed by atoms with Crippen molar-refractivity contribution in [2.24, 2.45) is 5.92 Å². The third kappa shape index (κ3) is 3.11. The summed E-state index contributed by atoms with van der Waals surface area (Å²) in [7, 11) is 0. The van der Waals surface area contributed by atoms with Crippen LogP contribution >= 0.6 is 0 Å². The molecule has 21 heavy (non-hydrogen) atoms. The standard InChI is InChI=1S/C17H30N2O2/c1-3-8-19(14-10-12-5-6-13(11-14)18-12)17(20)15-7-9-21-16(15)4-2/h12-16,18H,3-11H2,1-2H3. The summed E-state index contributed by atoms with van der Waals surface area (Å²) in [6, 6.07) is 1.74. The van der Waals surface area contributed by atoms with Crippen LogP contribution in [0.5, 0.6) is 0 Å². The van der Waals surface area contributed by atoms with Gasteiger partial charge in [-0.3, -0.25) is 4.79 Å². The van der Waals surface area contributed by atoms with E-state index in [2.05, 4.69) is 24.1 Å². The van der Waals surface area contributed by atoms with Crippen LogP contribution in [0.4, 0.5) is 0 Å². The number of piperidine rings is 1. The van der Waals surface area contributed by atoms with Crippen molar-refractivity contribution in [1.29, 1.82) is 0 Å². The van der Waals surface area contributed by atoms with Crippen molar-refractivity contribution in [1.82, 2.24) is 10.2 Å². The summed E-state index contributed by atoms with van der Waals surface area (Å²) >= 11 is 0. The summed E-state index contributed by atoms with van der Waals surface area (Å²) in [6.07, 6.45) is 7.94. The maximum atomic E-state index is 13.1. The zero-order valence-corrected chi connectivity index (χ0v) is 13.5. The minimum absolute atomic E-state index is 0.106. The van der Waals surface area contributed by atoms with Gasteiger partial charge in [0.1, 0.15) is 0 Å². The van der Waals surface area contributed by atoms with Crippen LogP contribution in [0.25, 0.3) is 0 Å². The molecule has 4 nitrogen and oxygen atoms in total. The molecule has 0 aromatic rings. The molecule has 3 saturated heterocycles. The third-order valence-electron chi connectivity index (χ3n) is 5.57. The second-order valence-corrected chi connectivity index (χ2v) is 7.01. The Bertz CT molecular complexity index is 362. The Morgan fingerprint density at radius 2 is 1.90 bits per heavy atom. The molecule has 0 aromatic carbocycles. The molecule has 4 unspecified atom stereocenters. The van der Waals surface area contributed by atoms with E-state index in [1.807, 2.05) is 0 Å². The quantitative estimate of drug-likeness (QED) is 0.846. The molecule has 3 aliphatic heterocycles. The highest BCUT2D eigenvalue weighted by Crippen LogP contribution is 2.32. The number of fused-ring (bicyclic) bond motifs is 2. The van der Waals surface area contributed by atoms with E-state index in [1.54, 1.807) is 0 Å². The van der Waals surface area contributed by atoms with Gasteiger partial charge in [0.05, 0.1) is 12.0 Å². The zero-order chi connectivity index (χ0) is 14.8. The molecular formula is C17H30N2O2. The molecule has 0 spiro atoms. The summed E-state index contributed by atoms with van der Waals surface area (Å²) < 4.78 is 5.75. The van der Waals surface area contributed by atoms with Crippen LogP contribution in [0.1, 0.15) is 58.8 Å². The second-order valence-electron chi connectivity index (χ2n) is 7.01. The van der Waals surface area contributed by atoms with Crippen LogP contribution in [0.15, 0.2) is 0 Å². The number of amides is 1. The number of carbonyl (C=O) groups is 1. The highest BCUT2D eigenvalue weighted by Gasteiger charge is 2.41. The number of hydrogen-bond acceptors (Lipinski definition) is 3. The molecule has 4 atom stereocenters. The number of nitrogens with zero attached hydrogens (tertiary/aromatic N) is 1. The van der Waals surface area contributed by atoms with Crippen molar-refractivity contribution in [2.45, 2.75) is 83.0 Å². The third-order valence-corrected chi connectivity index (χ3v) is 5.57. The molecule has 4 heteroatoms. The van der Waals surface area contributed by atoms with Crippen molar-refractivity contribution in [3.05, 3.63) is 0 Å². The Labute approximate surface area is 128 Å². The number of ether oxygens (including phenoxy) is 1. The van der Waals surface area contributed by atoms with Crippen LogP contribution in [-0.2, 0) is 9.53 Å². The topological polar surface area (TPSA) is 41.6 Å². The van der Waals surface area contributed by atoms with E-state index in [-0.39, 0.29) is 12.0 Å². The Morgan fingerprint density at radius 3 is 2.52 bits per heavy atom. The molecule has 0 aromatic heterocycles. The number of hydrogen-bond donors (Lipinski definition) is 1. The molecular weight excluding hydrogens is 264 g/mol. The Kier molecular flexibility index (Phi) is 4.85. The summed E-state index contributed by atoms with van der Waals surface area (Å²) in [6.45, 7) is 5.98. The number of carbonyl (C=O) groups excluding carboxylic acids is 1. The second kappa shape index (κ2) is 6.66. The van der Waals surface area contributed by atoms with Gasteiger partial charge in [-0.05, 0) is 44.9 Å². The molecule has 3 fully saturated rings. The predicted molar refractivity (Wildman–Crippen MR) is 83.1 cm³/mol. The van der Waals surface area contributed by atoms with Gasteiger partial charge in [-0.25, -0.2) is 0 Å². The summed E-state index contributed by atoms with van der Waals surface area (Å²) in [5.74, 6) is 0.474. The minimum atomic E-state index is 0.106. The molecule has 3 rings (SSSR count). The number of nitrogens with one attached hydrogen (secondary N) is 1. The first-order valence-electron chi connectivity index (χ1n) is 8.91. The van der Waals surface area contributed by atoms with Crippen molar-refractivity contribution in [3.8, 4) is 0 Å². The van der Waals surface area contributed by atoms with E-state index in [0.29, 0.717) is 24.0 Å². The van der Waals surface area contributed by atoms with Gasteiger partial charge in [0, 0.05) is 31.3 Å². The first-order chi connectivity index (χ1) is 10.2. The maximum Gasteiger partial charge on any atom is 0.228 e. The van der Waals surface area contributed by atoms with Crippen LogP contribution in [-0.4, -0.2) is 48.2 Å². The van der Waals surface area contributed by atoms with Crippen LogP contribution in [0, 0.1) is 5.92 Å². The molecule has 3 aliphatic rings. The summed E-state index contributed by atoms with van der Waals surface area (Å²) in [5.41, 5.74) is 0. The molecule has 0 saturated carbocycles. The van der Waals surface area contributed by atoms with Gasteiger partial charge in [0.15, 0.2) is 0 Å². The van der Waals surface area contributed by atoms with Crippen LogP contribution in [0.3, 0.4) is 0 Å². The average Bonchev–Trinajstić information content (AvgIpc) is 3.10. The van der Waals surface area contributed by atoms with Gasteiger partial charge < -0.3 is 15.0 Å². The largest absolute Gasteiger partial charge is 0.377 e. The van der Waals surface area contributed by atoms with Gasteiger partial charge in [0.2, 0.25) is 5.91 Å². The Hall–Kier alpha value is -0.610. The van der Waals surface area contributed by atoms with E-state index in [4.69, 9.17) is 4.74 Å². The highest BCUT2D eigenvalue weighted by molar-refractivity contribution is 5.80. The molecule has 120 valence electrons. The van der Waals surface area contributed by atoms with E-state index < -0.39 is 0 Å². The average molecular weight is 294 g/mol. The predicted octanol–water partition coefficient (Wildman–Crippen LogP) is 2.32. The van der Waals surface area contributed by atoms with Gasteiger partial charge in [0.25, 0.3) is 0 Å². The summed E-state index contributed by atoms with van der Waals surface area (Å²) in [5, 5.41) is 3.68.